The molecule has 2 unspecified atom stereocenters. The second-order valence-electron chi connectivity index (χ2n) is 5.71. The van der Waals surface area contributed by atoms with E-state index in [4.69, 9.17) is 4.74 Å². The van der Waals surface area contributed by atoms with Crippen molar-refractivity contribution in [1.29, 1.82) is 0 Å². The molecule has 5 nitrogen and oxygen atoms in total. The second-order valence-corrected chi connectivity index (χ2v) is 8.47. The van der Waals surface area contributed by atoms with Crippen LogP contribution in [0, 0.1) is 5.82 Å². The number of halogens is 3. The number of sulfonamides is 1. The molecule has 1 N–H and O–H groups in total. The summed E-state index contributed by atoms with van der Waals surface area (Å²) < 4.78 is 46.4. The Hall–Kier alpha value is -0.410. The standard InChI is InChI=1S/C14H18BrFN2O3S.ClH/c1-21-13-6-11(15)12(16)7-14(13)22(19,20)18-5-4-9-2-3-10(8-18)17-9;/h6-7,9-10,17H,2-5,8H2,1H3;1H. The van der Waals surface area contributed by atoms with Gasteiger partial charge in [-0.3, -0.25) is 0 Å². The van der Waals surface area contributed by atoms with Gasteiger partial charge in [-0.15, -0.1) is 12.4 Å². The minimum atomic E-state index is -3.78. The maximum Gasteiger partial charge on any atom is 0.246 e. The molecule has 9 heteroatoms. The average Bonchev–Trinajstić information content (AvgIpc) is 2.79. The third kappa shape index (κ3) is 3.66. The minimum absolute atomic E-state index is 0. The molecule has 1 aromatic carbocycles. The fraction of sp³-hybridized carbons (Fsp3) is 0.571. The van der Waals surface area contributed by atoms with E-state index >= 15 is 0 Å². The number of benzene rings is 1. The zero-order chi connectivity index (χ0) is 15.9. The summed E-state index contributed by atoms with van der Waals surface area (Å²) in [6.45, 7) is 0.858. The smallest absolute Gasteiger partial charge is 0.246 e. The quantitative estimate of drug-likeness (QED) is 0.802. The lowest BCUT2D eigenvalue weighted by atomic mass is 10.1. The van der Waals surface area contributed by atoms with E-state index in [2.05, 4.69) is 21.2 Å². The van der Waals surface area contributed by atoms with Crippen LogP contribution in [-0.4, -0.2) is 45.0 Å². The first-order valence-corrected chi connectivity index (χ1v) is 9.44. The lowest BCUT2D eigenvalue weighted by molar-refractivity contribution is 0.372. The summed E-state index contributed by atoms with van der Waals surface area (Å²) >= 11 is 3.05. The van der Waals surface area contributed by atoms with Gasteiger partial charge in [0.15, 0.2) is 0 Å². The summed E-state index contributed by atoms with van der Waals surface area (Å²) in [7, 11) is -2.40. The largest absolute Gasteiger partial charge is 0.495 e. The van der Waals surface area contributed by atoms with Gasteiger partial charge in [-0.1, -0.05) is 0 Å². The van der Waals surface area contributed by atoms with E-state index in [1.54, 1.807) is 0 Å². The Balaban J connectivity index is 0.00000192. The fourth-order valence-electron chi connectivity index (χ4n) is 3.14. The molecule has 0 radical (unpaired) electrons. The first-order chi connectivity index (χ1) is 10.4. The highest BCUT2D eigenvalue weighted by Crippen LogP contribution is 2.33. The van der Waals surface area contributed by atoms with Crippen molar-refractivity contribution in [3.63, 3.8) is 0 Å². The maximum atomic E-state index is 13.8. The molecule has 3 rings (SSSR count). The molecular formula is C14H19BrClFN2O3S. The number of hydrogen-bond donors (Lipinski definition) is 1. The van der Waals surface area contributed by atoms with Gasteiger partial charge in [0.05, 0.1) is 11.6 Å². The Morgan fingerprint density at radius 1 is 1.30 bits per heavy atom. The van der Waals surface area contributed by atoms with Gasteiger partial charge < -0.3 is 10.1 Å². The van der Waals surface area contributed by atoms with Crippen LogP contribution in [0.25, 0.3) is 0 Å². The molecule has 2 atom stereocenters. The molecule has 23 heavy (non-hydrogen) atoms. The summed E-state index contributed by atoms with van der Waals surface area (Å²) in [4.78, 5) is -0.117. The highest BCUT2D eigenvalue weighted by atomic mass is 79.9. The fourth-order valence-corrected chi connectivity index (χ4v) is 5.11. The summed E-state index contributed by atoms with van der Waals surface area (Å²) in [5.74, 6) is -0.468. The molecule has 2 heterocycles. The maximum absolute atomic E-state index is 13.8. The van der Waals surface area contributed by atoms with Crippen molar-refractivity contribution in [2.75, 3.05) is 20.2 Å². The molecule has 2 bridgehead atoms. The molecule has 130 valence electrons. The van der Waals surface area contributed by atoms with Gasteiger partial charge >= 0.3 is 0 Å². The van der Waals surface area contributed by atoms with Gasteiger partial charge in [-0.2, -0.15) is 4.31 Å². The van der Waals surface area contributed by atoms with Crippen LogP contribution >= 0.6 is 28.3 Å². The second kappa shape index (κ2) is 7.23. The van der Waals surface area contributed by atoms with Gasteiger partial charge in [0.25, 0.3) is 0 Å². The summed E-state index contributed by atoms with van der Waals surface area (Å²) in [6.07, 6.45) is 2.84. The molecule has 1 aromatic rings. The number of nitrogens with one attached hydrogen (secondary N) is 1. The van der Waals surface area contributed by atoms with Crippen LogP contribution in [0.3, 0.4) is 0 Å². The highest BCUT2D eigenvalue weighted by Gasteiger charge is 2.36. The number of ether oxygens (including phenoxy) is 1. The molecule has 0 aromatic heterocycles. The van der Waals surface area contributed by atoms with Crippen molar-refractivity contribution in [2.45, 2.75) is 36.2 Å². The topological polar surface area (TPSA) is 58.6 Å². The van der Waals surface area contributed by atoms with Crippen molar-refractivity contribution in [1.82, 2.24) is 9.62 Å². The monoisotopic (exact) mass is 428 g/mol. The molecule has 0 aliphatic carbocycles. The summed E-state index contributed by atoms with van der Waals surface area (Å²) in [5.41, 5.74) is 0. The van der Waals surface area contributed by atoms with Gasteiger partial charge in [0, 0.05) is 25.2 Å². The predicted octanol–water partition coefficient (Wildman–Crippen LogP) is 2.53. The average molecular weight is 430 g/mol. The van der Waals surface area contributed by atoms with E-state index in [1.165, 1.54) is 17.5 Å². The molecule has 2 aliphatic heterocycles. The van der Waals surface area contributed by atoms with E-state index < -0.39 is 15.8 Å². The minimum Gasteiger partial charge on any atom is -0.495 e. The third-order valence-electron chi connectivity index (χ3n) is 4.31. The zero-order valence-electron chi connectivity index (χ0n) is 12.6. The number of hydrogen-bond acceptors (Lipinski definition) is 4. The van der Waals surface area contributed by atoms with Crippen molar-refractivity contribution in [3.05, 3.63) is 22.4 Å². The zero-order valence-corrected chi connectivity index (χ0v) is 15.8. The highest BCUT2D eigenvalue weighted by molar-refractivity contribution is 9.10. The number of methoxy groups -OCH3 is 1. The summed E-state index contributed by atoms with van der Waals surface area (Å²) in [6, 6.07) is 2.93. The SMILES string of the molecule is COc1cc(Br)c(F)cc1S(=O)(=O)N1CCC2CCC(C1)N2.Cl. The molecule has 2 saturated heterocycles. The molecule has 0 amide bonds. The Bertz CT molecular complexity index is 689. The number of rotatable bonds is 3. The van der Waals surface area contributed by atoms with Crippen LogP contribution in [-0.2, 0) is 10.0 Å². The first-order valence-electron chi connectivity index (χ1n) is 7.21. The lowest BCUT2D eigenvalue weighted by Gasteiger charge is -2.24. The molecule has 2 fully saturated rings. The molecular weight excluding hydrogens is 411 g/mol. The third-order valence-corrected chi connectivity index (χ3v) is 6.80. The Labute approximate surface area is 150 Å². The molecule has 0 spiro atoms. The lowest BCUT2D eigenvalue weighted by Crippen LogP contribution is -2.39. The van der Waals surface area contributed by atoms with Crippen LogP contribution in [0.15, 0.2) is 21.5 Å². The van der Waals surface area contributed by atoms with E-state index in [0.29, 0.717) is 19.1 Å². The van der Waals surface area contributed by atoms with Crippen LogP contribution < -0.4 is 10.1 Å². The van der Waals surface area contributed by atoms with Gasteiger partial charge in [-0.05, 0) is 47.3 Å². The number of fused-ring (bicyclic) bond motifs is 2. The van der Waals surface area contributed by atoms with E-state index in [9.17, 15) is 12.8 Å². The van der Waals surface area contributed by atoms with E-state index in [0.717, 1.165) is 25.3 Å². The Morgan fingerprint density at radius 2 is 2.00 bits per heavy atom. The van der Waals surface area contributed by atoms with Crippen LogP contribution in [0.1, 0.15) is 19.3 Å². The normalized spacial score (nSPS) is 24.8. The van der Waals surface area contributed by atoms with E-state index in [1.807, 2.05) is 0 Å². The summed E-state index contributed by atoms with van der Waals surface area (Å²) in [5, 5.41) is 3.44. The Morgan fingerprint density at radius 3 is 2.70 bits per heavy atom. The van der Waals surface area contributed by atoms with Crippen molar-refractivity contribution < 1.29 is 17.5 Å². The van der Waals surface area contributed by atoms with Crippen LogP contribution in [0.4, 0.5) is 4.39 Å². The van der Waals surface area contributed by atoms with Gasteiger partial charge in [-0.25, -0.2) is 12.8 Å². The van der Waals surface area contributed by atoms with Crippen molar-refractivity contribution >= 4 is 38.4 Å². The van der Waals surface area contributed by atoms with Gasteiger partial charge in [0.1, 0.15) is 16.5 Å². The van der Waals surface area contributed by atoms with Crippen molar-refractivity contribution in [2.24, 2.45) is 0 Å². The van der Waals surface area contributed by atoms with Crippen LogP contribution in [0.5, 0.6) is 5.75 Å². The first kappa shape index (κ1) is 18.9. The molecule has 0 saturated carbocycles. The molecule has 2 aliphatic rings. The number of nitrogens with zero attached hydrogens (tertiary/aromatic N) is 1. The van der Waals surface area contributed by atoms with Crippen LogP contribution in [0.2, 0.25) is 0 Å². The van der Waals surface area contributed by atoms with Gasteiger partial charge in [0.2, 0.25) is 10.0 Å². The Kier molecular flexibility index (Phi) is 5.94. The predicted molar refractivity (Wildman–Crippen MR) is 91.2 cm³/mol. The van der Waals surface area contributed by atoms with Crippen molar-refractivity contribution in [3.8, 4) is 5.75 Å². The van der Waals surface area contributed by atoms with E-state index in [-0.39, 0.29) is 33.6 Å².